The molecule has 2 amide bonds. The molecule has 1 aromatic heterocycles. The van der Waals surface area contributed by atoms with Gasteiger partial charge < -0.3 is 19.7 Å². The van der Waals surface area contributed by atoms with E-state index in [0.29, 0.717) is 42.3 Å². The Morgan fingerprint density at radius 2 is 1.81 bits per heavy atom. The molecule has 1 aliphatic rings. The Balaban J connectivity index is 1.33. The maximum atomic E-state index is 13.0. The molecule has 0 radical (unpaired) electrons. The van der Waals surface area contributed by atoms with Gasteiger partial charge in [-0.2, -0.15) is 11.3 Å². The summed E-state index contributed by atoms with van der Waals surface area (Å²) in [5, 5.41) is 6.80. The molecule has 4 rings (SSSR count). The van der Waals surface area contributed by atoms with Crippen molar-refractivity contribution in [3.8, 4) is 11.5 Å². The molecule has 3 aromatic rings. The van der Waals surface area contributed by atoms with Gasteiger partial charge in [-0.05, 0) is 48.1 Å². The Hall–Kier alpha value is -3.32. The molecular weight excluding hydrogens is 424 g/mol. The first-order chi connectivity index (χ1) is 15.6. The van der Waals surface area contributed by atoms with E-state index in [-0.39, 0.29) is 17.9 Å². The van der Waals surface area contributed by atoms with E-state index in [1.165, 1.54) is 11.3 Å². The van der Waals surface area contributed by atoms with Crippen LogP contribution in [0, 0.1) is 0 Å². The average molecular weight is 451 g/mol. The first-order valence-corrected chi connectivity index (χ1v) is 11.6. The van der Waals surface area contributed by atoms with E-state index in [1.807, 2.05) is 52.1 Å². The predicted molar refractivity (Wildman–Crippen MR) is 124 cm³/mol. The lowest BCUT2D eigenvalue weighted by molar-refractivity contribution is 0.0697. The van der Waals surface area contributed by atoms with Gasteiger partial charge >= 0.3 is 0 Å². The van der Waals surface area contributed by atoms with Crippen LogP contribution >= 0.6 is 11.3 Å². The molecule has 1 N–H and O–H groups in total. The third-order valence-corrected chi connectivity index (χ3v) is 6.23. The minimum atomic E-state index is -0.0492. The number of ether oxygens (including phenoxy) is 2. The summed E-state index contributed by atoms with van der Waals surface area (Å²) in [6.45, 7) is 1.62. The van der Waals surface area contributed by atoms with Crippen molar-refractivity contribution in [3.05, 3.63) is 82.0 Å². The number of likely N-dealkylation sites (tertiary alicyclic amines) is 1. The fourth-order valence-corrected chi connectivity index (χ4v) is 4.36. The van der Waals surface area contributed by atoms with Gasteiger partial charge in [-0.3, -0.25) is 9.59 Å². The first kappa shape index (κ1) is 21.9. The molecule has 1 aliphatic heterocycles. The Bertz CT molecular complexity index is 1050. The number of nitrogens with one attached hydrogen (secondary N) is 1. The highest BCUT2D eigenvalue weighted by atomic mass is 32.1. The molecule has 0 atom stereocenters. The molecule has 0 spiro atoms. The van der Waals surface area contributed by atoms with E-state index < -0.39 is 0 Å². The second-order valence-corrected chi connectivity index (χ2v) is 8.47. The number of hydrogen-bond donors (Lipinski definition) is 1. The van der Waals surface area contributed by atoms with Gasteiger partial charge in [0.25, 0.3) is 11.8 Å². The smallest absolute Gasteiger partial charge is 0.253 e. The summed E-state index contributed by atoms with van der Waals surface area (Å²) in [7, 11) is 1.57. The maximum absolute atomic E-state index is 13.0. The molecule has 32 heavy (non-hydrogen) atoms. The van der Waals surface area contributed by atoms with Crippen LogP contribution in [0.2, 0.25) is 0 Å². The lowest BCUT2D eigenvalue weighted by Gasteiger charge is -2.32. The summed E-state index contributed by atoms with van der Waals surface area (Å²) in [5.74, 6) is 1.04. The van der Waals surface area contributed by atoms with Gasteiger partial charge in [0.1, 0.15) is 6.61 Å². The predicted octanol–water partition coefficient (Wildman–Crippen LogP) is 4.37. The van der Waals surface area contributed by atoms with E-state index in [4.69, 9.17) is 9.47 Å². The van der Waals surface area contributed by atoms with E-state index >= 15 is 0 Å². The number of amides is 2. The zero-order chi connectivity index (χ0) is 22.3. The molecule has 1 fully saturated rings. The third-order valence-electron chi connectivity index (χ3n) is 5.55. The highest BCUT2D eigenvalue weighted by Crippen LogP contribution is 2.29. The quantitative estimate of drug-likeness (QED) is 0.580. The zero-order valence-corrected chi connectivity index (χ0v) is 18.8. The van der Waals surface area contributed by atoms with Gasteiger partial charge in [-0.25, -0.2) is 0 Å². The van der Waals surface area contributed by atoms with Crippen molar-refractivity contribution in [3.63, 3.8) is 0 Å². The molecule has 166 valence electrons. The van der Waals surface area contributed by atoms with Crippen LogP contribution in [-0.2, 0) is 6.61 Å². The molecule has 0 saturated carbocycles. The minimum Gasteiger partial charge on any atom is -0.493 e. The largest absolute Gasteiger partial charge is 0.493 e. The number of methoxy groups -OCH3 is 1. The van der Waals surface area contributed by atoms with E-state index in [9.17, 15) is 9.59 Å². The zero-order valence-electron chi connectivity index (χ0n) is 18.0. The van der Waals surface area contributed by atoms with Gasteiger partial charge in [0.05, 0.1) is 7.11 Å². The molecule has 0 unspecified atom stereocenters. The molecule has 1 saturated heterocycles. The number of piperidine rings is 1. The van der Waals surface area contributed by atoms with Crippen molar-refractivity contribution < 1.29 is 19.1 Å². The van der Waals surface area contributed by atoms with Crippen molar-refractivity contribution in [2.45, 2.75) is 25.5 Å². The van der Waals surface area contributed by atoms with E-state index in [0.717, 1.165) is 18.4 Å². The summed E-state index contributed by atoms with van der Waals surface area (Å²) in [6, 6.07) is 17.1. The number of nitrogens with zero attached hydrogens (tertiary/aromatic N) is 1. The number of rotatable bonds is 7. The maximum Gasteiger partial charge on any atom is 0.253 e. The summed E-state index contributed by atoms with van der Waals surface area (Å²) in [5.41, 5.74) is 2.31. The second-order valence-electron chi connectivity index (χ2n) is 7.69. The van der Waals surface area contributed by atoms with Crippen molar-refractivity contribution >= 4 is 23.2 Å². The summed E-state index contributed by atoms with van der Waals surface area (Å²) in [4.78, 5) is 27.1. The Morgan fingerprint density at radius 3 is 2.50 bits per heavy atom. The standard InChI is InChI=1S/C25H26N2O4S/c1-30-23-15-19(7-8-22(23)31-16-18-5-3-2-4-6-18)25(29)27-12-9-21(10-13-27)26-24(28)20-11-14-32-17-20/h2-8,11,14-15,17,21H,9-10,12-13,16H2,1H3,(H,26,28). The van der Waals surface area contributed by atoms with Crippen LogP contribution in [-0.4, -0.2) is 43.0 Å². The van der Waals surface area contributed by atoms with Crippen molar-refractivity contribution in [1.82, 2.24) is 10.2 Å². The van der Waals surface area contributed by atoms with Crippen LogP contribution < -0.4 is 14.8 Å². The molecule has 0 bridgehead atoms. The number of thiophene rings is 1. The fourth-order valence-electron chi connectivity index (χ4n) is 3.73. The monoisotopic (exact) mass is 450 g/mol. The number of hydrogen-bond acceptors (Lipinski definition) is 5. The van der Waals surface area contributed by atoms with Crippen LogP contribution in [0.25, 0.3) is 0 Å². The van der Waals surface area contributed by atoms with E-state index in [1.54, 1.807) is 25.3 Å². The topological polar surface area (TPSA) is 67.9 Å². The average Bonchev–Trinajstić information content (AvgIpc) is 3.39. The second kappa shape index (κ2) is 10.3. The van der Waals surface area contributed by atoms with Crippen molar-refractivity contribution in [2.24, 2.45) is 0 Å². The van der Waals surface area contributed by atoms with Crippen LogP contribution in [0.3, 0.4) is 0 Å². The highest BCUT2D eigenvalue weighted by Gasteiger charge is 2.25. The Morgan fingerprint density at radius 1 is 1.03 bits per heavy atom. The van der Waals surface area contributed by atoms with E-state index in [2.05, 4.69) is 5.32 Å². The highest BCUT2D eigenvalue weighted by molar-refractivity contribution is 7.08. The first-order valence-electron chi connectivity index (χ1n) is 10.6. The van der Waals surface area contributed by atoms with Crippen LogP contribution in [0.1, 0.15) is 39.1 Å². The number of carbonyl (C=O) groups excluding carboxylic acids is 2. The minimum absolute atomic E-state index is 0.0412. The van der Waals surface area contributed by atoms with Crippen LogP contribution in [0.15, 0.2) is 65.4 Å². The van der Waals surface area contributed by atoms with Crippen LogP contribution in [0.4, 0.5) is 0 Å². The van der Waals surface area contributed by atoms with Gasteiger partial charge in [0, 0.05) is 35.6 Å². The lowest BCUT2D eigenvalue weighted by Crippen LogP contribution is -2.46. The molecule has 6 nitrogen and oxygen atoms in total. The normalized spacial score (nSPS) is 14.1. The summed E-state index contributed by atoms with van der Waals surface area (Å²) in [6.07, 6.45) is 1.47. The Kier molecular flexibility index (Phi) is 7.07. The molecule has 0 aliphatic carbocycles. The molecule has 7 heteroatoms. The molecule has 2 aromatic carbocycles. The molecule has 2 heterocycles. The van der Waals surface area contributed by atoms with Gasteiger partial charge in [-0.15, -0.1) is 0 Å². The lowest BCUT2D eigenvalue weighted by atomic mass is 10.0. The van der Waals surface area contributed by atoms with Crippen molar-refractivity contribution in [2.75, 3.05) is 20.2 Å². The van der Waals surface area contributed by atoms with Crippen molar-refractivity contribution in [1.29, 1.82) is 0 Å². The van der Waals surface area contributed by atoms with Gasteiger partial charge in [0.15, 0.2) is 11.5 Å². The van der Waals surface area contributed by atoms with Gasteiger partial charge in [-0.1, -0.05) is 30.3 Å². The summed E-state index contributed by atoms with van der Waals surface area (Å²) < 4.78 is 11.4. The summed E-state index contributed by atoms with van der Waals surface area (Å²) >= 11 is 1.50. The number of carbonyl (C=O) groups is 2. The number of benzene rings is 2. The Labute approximate surface area is 191 Å². The SMILES string of the molecule is COc1cc(C(=O)N2CCC(NC(=O)c3ccsc3)CC2)ccc1OCc1ccccc1. The van der Waals surface area contributed by atoms with Gasteiger partial charge in [0.2, 0.25) is 0 Å². The van der Waals surface area contributed by atoms with Crippen LogP contribution in [0.5, 0.6) is 11.5 Å². The third kappa shape index (κ3) is 5.29. The fraction of sp³-hybridized carbons (Fsp3) is 0.280. The molecular formula is C25H26N2O4S.